The maximum atomic E-state index is 14.4. The number of aldehydes is 1. The number of fused-ring (bicyclic) bond motifs is 4. The number of halogens is 3. The van der Waals surface area contributed by atoms with E-state index in [4.69, 9.17) is 4.74 Å². The van der Waals surface area contributed by atoms with Crippen LogP contribution in [-0.4, -0.2) is 69.9 Å². The highest BCUT2D eigenvalue weighted by molar-refractivity contribution is 6.00. The van der Waals surface area contributed by atoms with E-state index in [0.717, 1.165) is 21.9 Å². The molecule has 1 fully saturated rings. The number of aryl methyl sites for hydroxylation is 1. The van der Waals surface area contributed by atoms with Gasteiger partial charge < -0.3 is 14.4 Å². The zero-order valence-corrected chi connectivity index (χ0v) is 21.7. The van der Waals surface area contributed by atoms with Gasteiger partial charge in [-0.15, -0.1) is 0 Å². The lowest BCUT2D eigenvalue weighted by Crippen LogP contribution is -2.50. The van der Waals surface area contributed by atoms with Crippen LogP contribution in [0.3, 0.4) is 0 Å². The monoisotopic (exact) mass is 549 g/mol. The largest absolute Gasteiger partial charge is 0.497 e. The number of hydrogen-bond acceptors (Lipinski definition) is 6. The molecule has 4 aromatic rings. The average Bonchev–Trinajstić information content (AvgIpc) is 3.39. The Morgan fingerprint density at radius 3 is 2.48 bits per heavy atom. The van der Waals surface area contributed by atoms with Crippen molar-refractivity contribution in [1.29, 1.82) is 0 Å². The van der Waals surface area contributed by atoms with E-state index in [1.807, 2.05) is 35.2 Å². The van der Waals surface area contributed by atoms with Gasteiger partial charge in [0.05, 0.1) is 25.0 Å². The molecule has 0 bridgehead atoms. The Balaban J connectivity index is 1.34. The van der Waals surface area contributed by atoms with E-state index >= 15 is 0 Å². The van der Waals surface area contributed by atoms with Crippen LogP contribution in [0.2, 0.25) is 0 Å². The number of carbonyl (C=O) groups is 2. The van der Waals surface area contributed by atoms with Gasteiger partial charge in [0.25, 0.3) is 5.91 Å². The van der Waals surface area contributed by atoms with Crippen LogP contribution in [0, 0.1) is 0 Å². The number of benzene rings is 2. The molecule has 1 atom stereocenters. The number of amides is 1. The molecule has 0 radical (unpaired) electrons. The minimum Gasteiger partial charge on any atom is -0.497 e. The zero-order valence-electron chi connectivity index (χ0n) is 21.7. The third kappa shape index (κ3) is 4.40. The standard InChI is InChI=1S/C29H26F3N5O3/c1-40-20-8-10-21-19(15-20)7-9-22-25(21)34-27-23(16-33-37(27)26(22)29(30,31)32)28(39)36-13-11-35(12-14-36)24(17-38)18-5-3-2-4-6-18/h2-6,8,10,15-17,24H,7,9,11-14H2,1H3/t24-/m0/s1. The van der Waals surface area contributed by atoms with Crippen LogP contribution < -0.4 is 4.74 Å². The van der Waals surface area contributed by atoms with E-state index < -0.39 is 23.8 Å². The van der Waals surface area contributed by atoms with Gasteiger partial charge in [-0.05, 0) is 42.2 Å². The van der Waals surface area contributed by atoms with Crippen LogP contribution in [0.5, 0.6) is 5.75 Å². The third-order valence-corrected chi connectivity index (χ3v) is 7.72. The van der Waals surface area contributed by atoms with Crippen LogP contribution in [-0.2, 0) is 23.8 Å². The van der Waals surface area contributed by atoms with E-state index in [9.17, 15) is 22.8 Å². The van der Waals surface area contributed by atoms with E-state index in [1.165, 1.54) is 13.3 Å². The number of nitrogens with zero attached hydrogens (tertiary/aromatic N) is 5. The first-order valence-electron chi connectivity index (χ1n) is 13.0. The van der Waals surface area contributed by atoms with Crippen molar-refractivity contribution in [2.24, 2.45) is 0 Å². The molecule has 2 aromatic carbocycles. The number of alkyl halides is 3. The second kappa shape index (κ2) is 10.1. The maximum absolute atomic E-state index is 14.4. The fourth-order valence-corrected chi connectivity index (χ4v) is 5.72. The molecule has 1 saturated heterocycles. The number of piperazine rings is 1. The van der Waals surface area contributed by atoms with Gasteiger partial charge >= 0.3 is 6.18 Å². The fraction of sp³-hybridized carbons (Fsp3) is 0.310. The lowest BCUT2D eigenvalue weighted by atomic mass is 9.87. The molecule has 206 valence electrons. The number of aromatic nitrogens is 3. The molecule has 40 heavy (non-hydrogen) atoms. The topological polar surface area (TPSA) is 80.0 Å². The molecule has 0 saturated carbocycles. The quantitative estimate of drug-likeness (QED) is 0.347. The predicted molar refractivity (Wildman–Crippen MR) is 140 cm³/mol. The van der Waals surface area contributed by atoms with Gasteiger partial charge in [0.15, 0.2) is 11.3 Å². The molecule has 6 rings (SSSR count). The van der Waals surface area contributed by atoms with Gasteiger partial charge in [-0.1, -0.05) is 30.3 Å². The van der Waals surface area contributed by atoms with Crippen molar-refractivity contribution < 1.29 is 27.5 Å². The highest BCUT2D eigenvalue weighted by atomic mass is 19.4. The number of rotatable bonds is 5. The maximum Gasteiger partial charge on any atom is 0.433 e. The highest BCUT2D eigenvalue weighted by Gasteiger charge is 2.41. The molecule has 0 N–H and O–H groups in total. The molecule has 2 aromatic heterocycles. The van der Waals surface area contributed by atoms with E-state index in [2.05, 4.69) is 10.1 Å². The van der Waals surface area contributed by atoms with Crippen molar-refractivity contribution >= 4 is 17.8 Å². The summed E-state index contributed by atoms with van der Waals surface area (Å²) in [4.78, 5) is 33.6. The fourth-order valence-electron chi connectivity index (χ4n) is 5.72. The lowest BCUT2D eigenvalue weighted by molar-refractivity contribution is -0.143. The van der Waals surface area contributed by atoms with Crippen LogP contribution in [0.1, 0.15) is 38.8 Å². The summed E-state index contributed by atoms with van der Waals surface area (Å²) in [6.07, 6.45) is -2.10. The molecule has 2 aliphatic rings. The van der Waals surface area contributed by atoms with Crippen molar-refractivity contribution in [2.75, 3.05) is 33.3 Å². The first-order valence-corrected chi connectivity index (χ1v) is 13.0. The molecule has 0 spiro atoms. The Morgan fingerprint density at radius 1 is 1.05 bits per heavy atom. The highest BCUT2D eigenvalue weighted by Crippen LogP contribution is 2.41. The zero-order chi connectivity index (χ0) is 28.0. The van der Waals surface area contributed by atoms with Crippen molar-refractivity contribution in [1.82, 2.24) is 24.4 Å². The Hall–Kier alpha value is -4.25. The average molecular weight is 550 g/mol. The second-order valence-electron chi connectivity index (χ2n) is 9.92. The van der Waals surface area contributed by atoms with Gasteiger partial charge in [-0.25, -0.2) is 9.50 Å². The Bertz CT molecular complexity index is 1590. The summed E-state index contributed by atoms with van der Waals surface area (Å²) in [6, 6.07) is 14.2. The smallest absolute Gasteiger partial charge is 0.433 e. The third-order valence-electron chi connectivity index (χ3n) is 7.72. The normalized spacial score (nSPS) is 16.4. The Labute approximate surface area is 228 Å². The number of hydrogen-bond donors (Lipinski definition) is 0. The second-order valence-corrected chi connectivity index (χ2v) is 9.92. The Morgan fingerprint density at radius 2 is 1.80 bits per heavy atom. The summed E-state index contributed by atoms with van der Waals surface area (Å²) >= 11 is 0. The summed E-state index contributed by atoms with van der Waals surface area (Å²) < 4.78 is 49.3. The molecular formula is C29H26F3N5O3. The van der Waals surface area contributed by atoms with Crippen LogP contribution in [0.15, 0.2) is 54.7 Å². The van der Waals surface area contributed by atoms with Gasteiger partial charge in [-0.2, -0.15) is 18.3 Å². The lowest BCUT2D eigenvalue weighted by Gasteiger charge is -2.37. The molecule has 8 nitrogen and oxygen atoms in total. The molecule has 1 amide bonds. The molecule has 11 heteroatoms. The number of methoxy groups -OCH3 is 1. The van der Waals surface area contributed by atoms with Crippen molar-refractivity contribution in [3.8, 4) is 17.0 Å². The number of carbonyl (C=O) groups excluding carboxylic acids is 2. The molecule has 1 aliphatic carbocycles. The van der Waals surface area contributed by atoms with Crippen LogP contribution >= 0.6 is 0 Å². The summed E-state index contributed by atoms with van der Waals surface area (Å²) in [7, 11) is 1.53. The summed E-state index contributed by atoms with van der Waals surface area (Å²) in [5.74, 6) is 0.172. The minimum atomic E-state index is -4.70. The van der Waals surface area contributed by atoms with E-state index in [0.29, 0.717) is 43.9 Å². The molecule has 1 aliphatic heterocycles. The molecular weight excluding hydrogens is 523 g/mol. The first kappa shape index (κ1) is 26.0. The molecule has 0 unspecified atom stereocenters. The summed E-state index contributed by atoms with van der Waals surface area (Å²) in [5.41, 5.74) is 1.54. The summed E-state index contributed by atoms with van der Waals surface area (Å²) in [6.45, 7) is 1.50. The van der Waals surface area contributed by atoms with Crippen LogP contribution in [0.25, 0.3) is 16.9 Å². The van der Waals surface area contributed by atoms with Gasteiger partial charge in [0.1, 0.15) is 17.6 Å². The SMILES string of the molecule is COc1ccc2c(c1)CCc1c-2nc2c(C(=O)N3CCN([C@@H](C=O)c4ccccc4)CC3)cnn2c1C(F)(F)F. The van der Waals surface area contributed by atoms with Gasteiger partial charge in [0.2, 0.25) is 0 Å². The summed E-state index contributed by atoms with van der Waals surface area (Å²) in [5, 5.41) is 4.00. The van der Waals surface area contributed by atoms with Crippen molar-refractivity contribution in [2.45, 2.75) is 25.1 Å². The van der Waals surface area contributed by atoms with Gasteiger partial charge in [-0.3, -0.25) is 9.69 Å². The minimum absolute atomic E-state index is 0.0115. The van der Waals surface area contributed by atoms with Gasteiger partial charge in [0, 0.05) is 37.3 Å². The van der Waals surface area contributed by atoms with Crippen molar-refractivity contribution in [3.05, 3.63) is 82.7 Å². The van der Waals surface area contributed by atoms with E-state index in [1.54, 1.807) is 23.1 Å². The predicted octanol–water partition coefficient (Wildman–Crippen LogP) is 4.22. The first-order chi connectivity index (χ1) is 19.3. The van der Waals surface area contributed by atoms with E-state index in [-0.39, 0.29) is 28.9 Å². The number of ether oxygens (including phenoxy) is 1. The molecule has 3 heterocycles. The Kier molecular flexibility index (Phi) is 6.53. The van der Waals surface area contributed by atoms with Crippen LogP contribution in [0.4, 0.5) is 13.2 Å². The van der Waals surface area contributed by atoms with Crippen molar-refractivity contribution in [3.63, 3.8) is 0 Å².